The van der Waals surface area contributed by atoms with Crippen molar-refractivity contribution in [3.05, 3.63) is 82.3 Å². The van der Waals surface area contributed by atoms with Gasteiger partial charge in [-0.2, -0.15) is 0 Å². The number of nitrogens with two attached hydrogens (primary N) is 1. The molecule has 0 atom stereocenters. The third-order valence-electron chi connectivity index (χ3n) is 3.71. The first-order chi connectivity index (χ1) is 12.1. The lowest BCUT2D eigenvalue weighted by molar-refractivity contribution is 0.253. The van der Waals surface area contributed by atoms with Gasteiger partial charge in [-0.05, 0) is 29.8 Å². The maximum Gasteiger partial charge on any atom is 0.320 e. The first-order valence-electron chi connectivity index (χ1n) is 7.58. The quantitative estimate of drug-likeness (QED) is 0.689. The number of anilines is 1. The van der Waals surface area contributed by atoms with Gasteiger partial charge in [0, 0.05) is 15.6 Å². The van der Waals surface area contributed by atoms with Gasteiger partial charge in [-0.3, -0.25) is 4.90 Å². The van der Waals surface area contributed by atoms with Gasteiger partial charge < -0.3 is 5.73 Å². The number of halogens is 2. The van der Waals surface area contributed by atoms with Gasteiger partial charge in [-0.1, -0.05) is 65.7 Å². The molecule has 0 bridgehead atoms. The third kappa shape index (κ3) is 3.92. The van der Waals surface area contributed by atoms with Crippen molar-refractivity contribution in [2.24, 2.45) is 5.73 Å². The van der Waals surface area contributed by atoms with Gasteiger partial charge in [0.2, 0.25) is 0 Å². The molecule has 0 saturated carbocycles. The summed E-state index contributed by atoms with van der Waals surface area (Å²) in [4.78, 5) is 17.9. The minimum atomic E-state index is -0.608. The lowest BCUT2D eigenvalue weighted by Crippen LogP contribution is -2.35. The molecule has 0 aliphatic heterocycles. The second kappa shape index (κ2) is 7.55. The molecule has 2 aromatic carbocycles. The molecule has 2 N–H and O–H groups in total. The van der Waals surface area contributed by atoms with E-state index >= 15 is 0 Å². The van der Waals surface area contributed by atoms with Crippen LogP contribution in [0.1, 0.15) is 5.56 Å². The zero-order chi connectivity index (χ0) is 17.8. The first-order valence-corrected chi connectivity index (χ1v) is 8.34. The van der Waals surface area contributed by atoms with Gasteiger partial charge in [0.25, 0.3) is 0 Å². The summed E-state index contributed by atoms with van der Waals surface area (Å²) in [5.41, 5.74) is 7.79. The molecule has 0 spiro atoms. The molecule has 0 saturated heterocycles. The average Bonchev–Trinajstić information content (AvgIpc) is 2.61. The van der Waals surface area contributed by atoms with E-state index in [9.17, 15) is 4.79 Å². The second-order valence-electron chi connectivity index (χ2n) is 5.38. The van der Waals surface area contributed by atoms with Crippen molar-refractivity contribution in [3.8, 4) is 11.3 Å². The number of primary amides is 1. The maximum absolute atomic E-state index is 12.0. The van der Waals surface area contributed by atoms with Gasteiger partial charge in [0.05, 0.1) is 12.2 Å². The van der Waals surface area contributed by atoms with Gasteiger partial charge in [-0.15, -0.1) is 0 Å². The summed E-state index contributed by atoms with van der Waals surface area (Å²) in [6, 6.07) is 19.4. The largest absolute Gasteiger partial charge is 0.351 e. The molecule has 0 aliphatic rings. The Bertz CT molecular complexity index is 914. The normalized spacial score (nSPS) is 10.5. The molecule has 4 nitrogen and oxygen atoms in total. The summed E-state index contributed by atoms with van der Waals surface area (Å²) in [6.07, 6.45) is 0. The maximum atomic E-state index is 12.0. The van der Waals surface area contributed by atoms with E-state index in [2.05, 4.69) is 4.98 Å². The fourth-order valence-corrected chi connectivity index (χ4v) is 2.89. The topological polar surface area (TPSA) is 59.2 Å². The highest BCUT2D eigenvalue weighted by atomic mass is 35.5. The number of aromatic nitrogens is 1. The number of benzene rings is 2. The van der Waals surface area contributed by atoms with Crippen molar-refractivity contribution in [1.29, 1.82) is 0 Å². The molecule has 0 aliphatic carbocycles. The van der Waals surface area contributed by atoms with E-state index in [1.807, 2.05) is 48.5 Å². The number of hydrogen-bond donors (Lipinski definition) is 1. The Balaban J connectivity index is 1.98. The lowest BCUT2D eigenvalue weighted by Gasteiger charge is -2.21. The molecule has 3 rings (SSSR count). The molecule has 126 valence electrons. The Labute approximate surface area is 155 Å². The van der Waals surface area contributed by atoms with E-state index < -0.39 is 6.03 Å². The number of rotatable bonds is 4. The molecule has 1 aromatic heterocycles. The second-order valence-corrected chi connectivity index (χ2v) is 6.19. The number of carbonyl (C=O) groups excluding carboxylic acids is 1. The monoisotopic (exact) mass is 371 g/mol. The molecule has 0 fully saturated rings. The summed E-state index contributed by atoms with van der Waals surface area (Å²) in [7, 11) is 0. The van der Waals surface area contributed by atoms with Gasteiger partial charge >= 0.3 is 6.03 Å². The minimum Gasteiger partial charge on any atom is -0.351 e. The third-order valence-corrected chi connectivity index (χ3v) is 4.41. The highest BCUT2D eigenvalue weighted by molar-refractivity contribution is 6.33. The number of carbonyl (C=O) groups is 1. The van der Waals surface area contributed by atoms with Crippen LogP contribution < -0.4 is 10.6 Å². The van der Waals surface area contributed by atoms with Crippen molar-refractivity contribution in [2.75, 3.05) is 4.90 Å². The van der Waals surface area contributed by atoms with Crippen LogP contribution in [0.2, 0.25) is 10.0 Å². The van der Waals surface area contributed by atoms with Crippen molar-refractivity contribution in [3.63, 3.8) is 0 Å². The fourth-order valence-electron chi connectivity index (χ4n) is 2.46. The Kier molecular flexibility index (Phi) is 5.22. The molecule has 0 unspecified atom stereocenters. The zero-order valence-corrected chi connectivity index (χ0v) is 14.7. The summed E-state index contributed by atoms with van der Waals surface area (Å²) < 4.78 is 0. The first kappa shape index (κ1) is 17.3. The van der Waals surface area contributed by atoms with E-state index in [1.54, 1.807) is 18.2 Å². The van der Waals surface area contributed by atoms with Crippen LogP contribution in [0.4, 0.5) is 10.6 Å². The zero-order valence-electron chi connectivity index (χ0n) is 13.2. The van der Waals surface area contributed by atoms with E-state index in [0.29, 0.717) is 21.6 Å². The Morgan fingerprint density at radius 1 is 0.920 bits per heavy atom. The van der Waals surface area contributed by atoms with Crippen LogP contribution in [-0.4, -0.2) is 11.0 Å². The van der Waals surface area contributed by atoms with Crippen LogP contribution >= 0.6 is 23.2 Å². The predicted octanol–water partition coefficient (Wildman–Crippen LogP) is 5.14. The SMILES string of the molecule is NC(=O)N(Cc1ccccc1Cl)c1cccc(-c2ccccc2Cl)n1. The summed E-state index contributed by atoms with van der Waals surface area (Å²) in [6.45, 7) is 0.230. The summed E-state index contributed by atoms with van der Waals surface area (Å²) in [5.74, 6) is 0.435. The summed E-state index contributed by atoms with van der Waals surface area (Å²) in [5, 5.41) is 1.15. The number of urea groups is 1. The van der Waals surface area contributed by atoms with Gasteiger partial charge in [0.1, 0.15) is 5.82 Å². The van der Waals surface area contributed by atoms with Crippen molar-refractivity contribution < 1.29 is 4.79 Å². The van der Waals surface area contributed by atoms with Crippen molar-refractivity contribution in [1.82, 2.24) is 4.98 Å². The Morgan fingerprint density at radius 2 is 1.60 bits per heavy atom. The highest BCUT2D eigenvalue weighted by Crippen LogP contribution is 2.28. The van der Waals surface area contributed by atoms with Crippen LogP contribution in [0.3, 0.4) is 0 Å². The van der Waals surface area contributed by atoms with Crippen molar-refractivity contribution >= 4 is 35.1 Å². The van der Waals surface area contributed by atoms with Crippen molar-refractivity contribution in [2.45, 2.75) is 6.54 Å². The van der Waals surface area contributed by atoms with E-state index in [0.717, 1.165) is 11.1 Å². The van der Waals surface area contributed by atoms with Gasteiger partial charge in [-0.25, -0.2) is 9.78 Å². The Hall–Kier alpha value is -2.56. The lowest BCUT2D eigenvalue weighted by atomic mass is 10.1. The number of pyridine rings is 1. The van der Waals surface area contributed by atoms with Crippen LogP contribution in [0, 0.1) is 0 Å². The number of nitrogens with zero attached hydrogens (tertiary/aromatic N) is 2. The average molecular weight is 372 g/mol. The standard InChI is InChI=1S/C19H15Cl2N3O/c20-15-8-3-1-6-13(15)12-24(19(22)25)18-11-5-10-17(23-18)14-7-2-4-9-16(14)21/h1-11H,12H2,(H2,22,25). The molecular weight excluding hydrogens is 357 g/mol. The van der Waals surface area contributed by atoms with Crippen LogP contribution in [0.25, 0.3) is 11.3 Å². The van der Waals surface area contributed by atoms with Crippen LogP contribution in [-0.2, 0) is 6.54 Å². The van der Waals surface area contributed by atoms with E-state index in [1.165, 1.54) is 4.90 Å². The predicted molar refractivity (Wildman–Crippen MR) is 102 cm³/mol. The minimum absolute atomic E-state index is 0.230. The molecule has 1 heterocycles. The smallest absolute Gasteiger partial charge is 0.320 e. The molecule has 0 radical (unpaired) electrons. The van der Waals surface area contributed by atoms with Crippen LogP contribution in [0.5, 0.6) is 0 Å². The molecule has 6 heteroatoms. The van der Waals surface area contributed by atoms with E-state index in [4.69, 9.17) is 28.9 Å². The number of hydrogen-bond acceptors (Lipinski definition) is 2. The Morgan fingerprint density at radius 3 is 2.28 bits per heavy atom. The number of amides is 2. The van der Waals surface area contributed by atoms with Crippen LogP contribution in [0.15, 0.2) is 66.7 Å². The molecule has 2 amide bonds. The molecule has 25 heavy (non-hydrogen) atoms. The van der Waals surface area contributed by atoms with E-state index in [-0.39, 0.29) is 6.54 Å². The highest BCUT2D eigenvalue weighted by Gasteiger charge is 2.17. The van der Waals surface area contributed by atoms with Gasteiger partial charge in [0.15, 0.2) is 0 Å². The summed E-state index contributed by atoms with van der Waals surface area (Å²) >= 11 is 12.4. The molecular formula is C19H15Cl2N3O. The molecule has 3 aromatic rings. The fraction of sp³-hybridized carbons (Fsp3) is 0.0526.